The summed E-state index contributed by atoms with van der Waals surface area (Å²) in [6, 6.07) is 14.0. The van der Waals surface area contributed by atoms with E-state index in [0.29, 0.717) is 17.5 Å². The van der Waals surface area contributed by atoms with Gasteiger partial charge in [0, 0.05) is 29.8 Å². The quantitative estimate of drug-likeness (QED) is 0.757. The molecule has 1 aliphatic heterocycles. The summed E-state index contributed by atoms with van der Waals surface area (Å²) in [5.74, 6) is -0.356. The number of hydrogen-bond acceptors (Lipinski definition) is 3. The van der Waals surface area contributed by atoms with E-state index in [-0.39, 0.29) is 18.4 Å². The first-order valence-corrected chi connectivity index (χ1v) is 11.6. The number of para-hydroxylation sites is 1. The van der Waals surface area contributed by atoms with Gasteiger partial charge in [0.05, 0.1) is 27.8 Å². The molecule has 1 saturated carbocycles. The van der Waals surface area contributed by atoms with Gasteiger partial charge in [0.2, 0.25) is 0 Å². The lowest BCUT2D eigenvalue weighted by molar-refractivity contribution is -0.138. The molecule has 0 radical (unpaired) electrons. The summed E-state index contributed by atoms with van der Waals surface area (Å²) >= 11 is 6.05. The zero-order valence-electron chi connectivity index (χ0n) is 15.8. The largest absolute Gasteiger partial charge is 0.481 e. The molecule has 2 aromatic rings. The van der Waals surface area contributed by atoms with Crippen molar-refractivity contribution in [2.75, 3.05) is 11.2 Å². The average molecular weight is 418 g/mol. The highest BCUT2D eigenvalue weighted by Gasteiger charge is 2.46. The molecule has 1 heterocycles. The molecule has 0 bridgehead atoms. The van der Waals surface area contributed by atoms with E-state index in [0.717, 1.165) is 35.4 Å². The summed E-state index contributed by atoms with van der Waals surface area (Å²) in [6.07, 6.45) is 4.89. The number of carboxylic acid groups (broad SMARTS) is 1. The molecule has 28 heavy (non-hydrogen) atoms. The maximum Gasteiger partial charge on any atom is 0.303 e. The topological polar surface area (TPSA) is 57.6 Å². The molecule has 2 aliphatic rings. The fraction of sp³-hybridized carbons (Fsp3) is 0.409. The first-order valence-electron chi connectivity index (χ1n) is 9.65. The fourth-order valence-corrected chi connectivity index (χ4v) is 5.93. The molecule has 148 valence electrons. The summed E-state index contributed by atoms with van der Waals surface area (Å²) in [5.41, 5.74) is 3.39. The predicted octanol–water partition coefficient (Wildman–Crippen LogP) is 4.82. The van der Waals surface area contributed by atoms with Crippen molar-refractivity contribution in [3.8, 4) is 0 Å². The number of anilines is 1. The summed E-state index contributed by atoms with van der Waals surface area (Å²) in [4.78, 5) is 14.7. The Balaban J connectivity index is 1.80. The Morgan fingerprint density at radius 3 is 2.64 bits per heavy atom. The number of rotatable bonds is 5. The second-order valence-electron chi connectivity index (χ2n) is 7.79. The second kappa shape index (κ2) is 7.88. The van der Waals surface area contributed by atoms with Gasteiger partial charge in [-0.25, -0.2) is 0 Å². The third kappa shape index (κ3) is 3.58. The van der Waals surface area contributed by atoms with Crippen LogP contribution in [0.2, 0.25) is 5.02 Å². The van der Waals surface area contributed by atoms with Crippen molar-refractivity contribution >= 4 is 34.1 Å². The normalized spacial score (nSPS) is 24.5. The van der Waals surface area contributed by atoms with Crippen LogP contribution in [-0.4, -0.2) is 27.6 Å². The monoisotopic (exact) mass is 417 g/mol. The first kappa shape index (κ1) is 19.5. The minimum absolute atomic E-state index is 0.0918. The molecular formula is C22H24ClNO3S. The molecule has 2 unspecified atom stereocenters. The molecule has 1 fully saturated rings. The van der Waals surface area contributed by atoms with Gasteiger partial charge in [0.15, 0.2) is 0 Å². The van der Waals surface area contributed by atoms with Crippen LogP contribution in [0.5, 0.6) is 0 Å². The van der Waals surface area contributed by atoms with Gasteiger partial charge >= 0.3 is 5.97 Å². The summed E-state index contributed by atoms with van der Waals surface area (Å²) < 4.78 is 12.5. The second-order valence-corrected chi connectivity index (χ2v) is 9.57. The van der Waals surface area contributed by atoms with E-state index in [2.05, 4.69) is 11.0 Å². The Hall–Kier alpha value is -1.85. The molecule has 4 atom stereocenters. The molecular weight excluding hydrogens is 394 g/mol. The van der Waals surface area contributed by atoms with Gasteiger partial charge in [0.25, 0.3) is 0 Å². The summed E-state index contributed by atoms with van der Waals surface area (Å²) in [6.45, 7) is 0.662. The lowest BCUT2D eigenvalue weighted by Crippen LogP contribution is -2.43. The minimum atomic E-state index is -1.11. The Morgan fingerprint density at radius 2 is 1.96 bits per heavy atom. The fourth-order valence-electron chi connectivity index (χ4n) is 5.03. The van der Waals surface area contributed by atoms with Gasteiger partial charge < -0.3 is 10.0 Å². The minimum Gasteiger partial charge on any atom is -0.481 e. The smallest absolute Gasteiger partial charge is 0.303 e. The number of hydrogen-bond donors (Lipinski definition) is 1. The molecule has 0 saturated heterocycles. The molecule has 4 rings (SSSR count). The van der Waals surface area contributed by atoms with Crippen molar-refractivity contribution in [3.63, 3.8) is 0 Å². The number of carboxylic acids is 1. The van der Waals surface area contributed by atoms with Crippen LogP contribution in [0.15, 0.2) is 47.4 Å². The summed E-state index contributed by atoms with van der Waals surface area (Å²) in [7, 11) is -1.11. The van der Waals surface area contributed by atoms with E-state index in [9.17, 15) is 14.1 Å². The lowest BCUT2D eigenvalue weighted by Gasteiger charge is -2.39. The average Bonchev–Trinajstić information content (AvgIpc) is 2.98. The van der Waals surface area contributed by atoms with Crippen LogP contribution in [0, 0.1) is 5.92 Å². The van der Waals surface area contributed by atoms with Gasteiger partial charge in [-0.15, -0.1) is 0 Å². The maximum atomic E-state index is 12.5. The Bertz CT molecular complexity index is 914. The van der Waals surface area contributed by atoms with E-state index < -0.39 is 16.8 Å². The van der Waals surface area contributed by atoms with Crippen LogP contribution in [0.4, 0.5) is 5.69 Å². The van der Waals surface area contributed by atoms with Crippen LogP contribution in [0.1, 0.15) is 42.7 Å². The first-order chi connectivity index (χ1) is 13.5. The van der Waals surface area contributed by atoms with E-state index in [4.69, 9.17) is 11.6 Å². The van der Waals surface area contributed by atoms with Gasteiger partial charge in [0.1, 0.15) is 0 Å². The van der Waals surface area contributed by atoms with Gasteiger partial charge in [-0.2, -0.15) is 0 Å². The lowest BCUT2D eigenvalue weighted by atomic mass is 9.74. The predicted molar refractivity (Wildman–Crippen MR) is 113 cm³/mol. The number of nitrogens with zero attached hydrogens (tertiary/aromatic N) is 1. The van der Waals surface area contributed by atoms with Crippen LogP contribution < -0.4 is 4.90 Å². The number of carbonyl (C=O) groups is 1. The molecule has 6 heteroatoms. The Labute approximate surface area is 173 Å². The van der Waals surface area contributed by atoms with Crippen LogP contribution in [0.25, 0.3) is 0 Å². The maximum absolute atomic E-state index is 12.5. The molecule has 0 aromatic heterocycles. The van der Waals surface area contributed by atoms with Crippen molar-refractivity contribution < 1.29 is 14.1 Å². The molecule has 4 nitrogen and oxygen atoms in total. The molecule has 1 aliphatic carbocycles. The van der Waals surface area contributed by atoms with Crippen molar-refractivity contribution in [3.05, 3.63) is 58.6 Å². The van der Waals surface area contributed by atoms with E-state index in [1.807, 2.05) is 36.4 Å². The van der Waals surface area contributed by atoms with E-state index >= 15 is 0 Å². The molecule has 2 aromatic carbocycles. The van der Waals surface area contributed by atoms with Gasteiger partial charge in [-0.05, 0) is 48.1 Å². The van der Waals surface area contributed by atoms with Gasteiger partial charge in [-0.1, -0.05) is 42.3 Å². The number of fused-ring (bicyclic) bond motifs is 3. The van der Waals surface area contributed by atoms with Crippen LogP contribution >= 0.6 is 11.6 Å². The summed E-state index contributed by atoms with van der Waals surface area (Å²) in [5, 5.41) is 10.2. The highest BCUT2D eigenvalue weighted by atomic mass is 35.5. The molecule has 0 amide bonds. The van der Waals surface area contributed by atoms with E-state index in [1.54, 1.807) is 6.26 Å². The van der Waals surface area contributed by atoms with Crippen LogP contribution in [0.3, 0.4) is 0 Å². The zero-order chi connectivity index (χ0) is 19.8. The Morgan fingerprint density at radius 1 is 1.21 bits per heavy atom. The number of halogens is 1. The SMILES string of the molecule is C[S@](=O)c1cccc2c1N(Cc1ccc(Cl)cc1)C1C2CCC[C@@H]1CC(=O)O. The Kier molecular flexibility index (Phi) is 5.48. The number of aliphatic carboxylic acids is 1. The third-order valence-electron chi connectivity index (χ3n) is 6.07. The van der Waals surface area contributed by atoms with Gasteiger partial charge in [-0.3, -0.25) is 9.00 Å². The van der Waals surface area contributed by atoms with Crippen molar-refractivity contribution in [1.29, 1.82) is 0 Å². The van der Waals surface area contributed by atoms with Crippen molar-refractivity contribution in [2.45, 2.75) is 49.1 Å². The van der Waals surface area contributed by atoms with Crippen LogP contribution in [-0.2, 0) is 22.1 Å². The van der Waals surface area contributed by atoms with E-state index in [1.165, 1.54) is 5.56 Å². The van der Waals surface area contributed by atoms with Crippen molar-refractivity contribution in [1.82, 2.24) is 0 Å². The highest BCUT2D eigenvalue weighted by molar-refractivity contribution is 7.84. The third-order valence-corrected chi connectivity index (χ3v) is 7.28. The van der Waals surface area contributed by atoms with Crippen molar-refractivity contribution in [2.24, 2.45) is 5.92 Å². The standard InChI is InChI=1S/C22H24ClNO3S/c1-28(27)19-7-3-6-18-17-5-2-4-15(12-20(25)26)21(17)24(22(18)19)13-14-8-10-16(23)11-9-14/h3,6-11,15,17,21H,2,4-5,12-13H2,1H3,(H,25,26)/t15-,17?,21?,28+/m1/s1. The molecule has 1 N–H and O–H groups in total. The number of benzene rings is 2. The molecule has 0 spiro atoms. The zero-order valence-corrected chi connectivity index (χ0v) is 17.4. The highest BCUT2D eigenvalue weighted by Crippen LogP contribution is 2.52.